The average molecular weight is 274 g/mol. The first-order valence-corrected chi connectivity index (χ1v) is 8.17. The second kappa shape index (κ2) is 6.73. The summed E-state index contributed by atoms with van der Waals surface area (Å²) in [6, 6.07) is 8.81. The first kappa shape index (κ1) is 14.1. The summed E-state index contributed by atoms with van der Waals surface area (Å²) in [6.07, 6.45) is 8.10. The van der Waals surface area contributed by atoms with Crippen LogP contribution in [0.4, 0.5) is 0 Å². The van der Waals surface area contributed by atoms with Crippen molar-refractivity contribution < 1.29 is 9.47 Å². The second-order valence-corrected chi connectivity index (χ2v) is 6.33. The van der Waals surface area contributed by atoms with E-state index in [1.54, 1.807) is 0 Å². The highest BCUT2D eigenvalue weighted by atomic mass is 16.7. The van der Waals surface area contributed by atoms with Gasteiger partial charge in [0.2, 0.25) is 0 Å². The van der Waals surface area contributed by atoms with Gasteiger partial charge in [0.1, 0.15) is 0 Å². The fourth-order valence-electron chi connectivity index (χ4n) is 3.71. The molecule has 20 heavy (non-hydrogen) atoms. The lowest BCUT2D eigenvalue weighted by Gasteiger charge is -2.28. The summed E-state index contributed by atoms with van der Waals surface area (Å²) < 4.78 is 11.2. The lowest BCUT2D eigenvalue weighted by molar-refractivity contribution is -0.0441. The van der Waals surface area contributed by atoms with E-state index >= 15 is 0 Å². The normalized spacial score (nSPS) is 27.9. The summed E-state index contributed by atoms with van der Waals surface area (Å²) in [6.45, 7) is 3.77. The van der Waals surface area contributed by atoms with Crippen molar-refractivity contribution in [3.05, 3.63) is 35.4 Å². The van der Waals surface area contributed by atoms with Crippen LogP contribution in [0, 0.1) is 11.8 Å². The zero-order chi connectivity index (χ0) is 13.8. The largest absolute Gasteiger partial charge is 0.346 e. The van der Waals surface area contributed by atoms with E-state index < -0.39 is 0 Å². The van der Waals surface area contributed by atoms with Crippen LogP contribution in [0.3, 0.4) is 0 Å². The molecule has 0 radical (unpaired) electrons. The second-order valence-electron chi connectivity index (χ2n) is 6.33. The smallest absolute Gasteiger partial charge is 0.184 e. The molecule has 2 aliphatic rings. The van der Waals surface area contributed by atoms with Gasteiger partial charge in [-0.05, 0) is 30.2 Å². The predicted octanol–water partition coefficient (Wildman–Crippen LogP) is 4.49. The summed E-state index contributed by atoms with van der Waals surface area (Å²) in [5.41, 5.74) is 2.63. The molecule has 1 saturated heterocycles. The number of benzene rings is 1. The molecule has 2 nitrogen and oxygen atoms in total. The Morgan fingerprint density at radius 2 is 1.90 bits per heavy atom. The topological polar surface area (TPSA) is 18.5 Å². The molecule has 1 heterocycles. The van der Waals surface area contributed by atoms with Crippen LogP contribution in [0.25, 0.3) is 0 Å². The third kappa shape index (κ3) is 3.42. The van der Waals surface area contributed by atoms with Crippen molar-refractivity contribution in [2.45, 2.75) is 51.7 Å². The lowest BCUT2D eigenvalue weighted by Crippen LogP contribution is -2.17. The third-order valence-electron chi connectivity index (χ3n) is 4.84. The van der Waals surface area contributed by atoms with Crippen LogP contribution in [-0.4, -0.2) is 13.2 Å². The molecule has 0 bridgehead atoms. The lowest BCUT2D eigenvalue weighted by atomic mass is 9.77. The quantitative estimate of drug-likeness (QED) is 0.805. The van der Waals surface area contributed by atoms with Crippen molar-refractivity contribution in [1.29, 1.82) is 0 Å². The Labute approximate surface area is 122 Å². The van der Waals surface area contributed by atoms with Gasteiger partial charge in [0.15, 0.2) is 6.29 Å². The molecule has 110 valence electrons. The van der Waals surface area contributed by atoms with E-state index in [1.165, 1.54) is 49.7 Å². The Hall–Kier alpha value is -0.860. The highest BCUT2D eigenvalue weighted by molar-refractivity contribution is 5.25. The maximum Gasteiger partial charge on any atom is 0.184 e. The summed E-state index contributed by atoms with van der Waals surface area (Å²) in [5, 5.41) is 0. The van der Waals surface area contributed by atoms with E-state index in [9.17, 15) is 0 Å². The number of hydrogen-bond donors (Lipinski definition) is 0. The summed E-state index contributed by atoms with van der Waals surface area (Å²) in [7, 11) is 0. The monoisotopic (exact) mass is 274 g/mol. The molecule has 0 aromatic heterocycles. The molecule has 2 unspecified atom stereocenters. The SMILES string of the molecule is CCC1CCCC(Cc2cccc(C3OCCO3)c2)C1. The van der Waals surface area contributed by atoms with Gasteiger partial charge in [0.05, 0.1) is 13.2 Å². The molecule has 2 heteroatoms. The number of ether oxygens (including phenoxy) is 2. The van der Waals surface area contributed by atoms with Gasteiger partial charge in [-0.15, -0.1) is 0 Å². The van der Waals surface area contributed by atoms with Gasteiger partial charge >= 0.3 is 0 Å². The van der Waals surface area contributed by atoms with E-state index in [2.05, 4.69) is 31.2 Å². The molecular formula is C18H26O2. The van der Waals surface area contributed by atoms with Gasteiger partial charge < -0.3 is 9.47 Å². The molecular weight excluding hydrogens is 248 g/mol. The Balaban J connectivity index is 1.63. The molecule has 2 fully saturated rings. The van der Waals surface area contributed by atoms with Crippen LogP contribution in [0.5, 0.6) is 0 Å². The first-order chi connectivity index (χ1) is 9.85. The molecule has 2 atom stereocenters. The van der Waals surface area contributed by atoms with E-state index in [1.807, 2.05) is 0 Å². The Kier molecular flexibility index (Phi) is 4.74. The van der Waals surface area contributed by atoms with Crippen LogP contribution in [0.15, 0.2) is 24.3 Å². The highest BCUT2D eigenvalue weighted by Gasteiger charge is 2.22. The minimum atomic E-state index is -0.135. The fraction of sp³-hybridized carbons (Fsp3) is 0.667. The van der Waals surface area contributed by atoms with Crippen molar-refractivity contribution >= 4 is 0 Å². The Morgan fingerprint density at radius 3 is 2.70 bits per heavy atom. The molecule has 0 amide bonds. The molecule has 0 spiro atoms. The minimum Gasteiger partial charge on any atom is -0.346 e. The minimum absolute atomic E-state index is 0.135. The van der Waals surface area contributed by atoms with Gasteiger partial charge in [-0.1, -0.05) is 56.9 Å². The summed E-state index contributed by atoms with van der Waals surface area (Å²) in [4.78, 5) is 0. The first-order valence-electron chi connectivity index (χ1n) is 8.17. The van der Waals surface area contributed by atoms with Crippen molar-refractivity contribution in [2.75, 3.05) is 13.2 Å². The maximum absolute atomic E-state index is 5.60. The molecule has 1 saturated carbocycles. The van der Waals surface area contributed by atoms with Gasteiger partial charge in [-0.25, -0.2) is 0 Å². The molecule has 1 aliphatic carbocycles. The van der Waals surface area contributed by atoms with E-state index in [4.69, 9.17) is 9.47 Å². The van der Waals surface area contributed by atoms with Crippen molar-refractivity contribution in [3.63, 3.8) is 0 Å². The molecule has 0 N–H and O–H groups in total. The van der Waals surface area contributed by atoms with Gasteiger partial charge in [-0.2, -0.15) is 0 Å². The van der Waals surface area contributed by atoms with Crippen LogP contribution < -0.4 is 0 Å². The van der Waals surface area contributed by atoms with Crippen molar-refractivity contribution in [3.8, 4) is 0 Å². The van der Waals surface area contributed by atoms with E-state index in [0.29, 0.717) is 0 Å². The zero-order valence-electron chi connectivity index (χ0n) is 12.5. The molecule has 1 aromatic carbocycles. The Bertz CT molecular complexity index is 423. The van der Waals surface area contributed by atoms with Crippen LogP contribution in [-0.2, 0) is 15.9 Å². The van der Waals surface area contributed by atoms with Crippen LogP contribution >= 0.6 is 0 Å². The van der Waals surface area contributed by atoms with Crippen molar-refractivity contribution in [1.82, 2.24) is 0 Å². The standard InChI is InChI=1S/C18H26O2/c1-2-14-5-3-6-15(11-14)12-16-7-4-8-17(13-16)18-19-9-10-20-18/h4,7-8,13-15,18H,2-3,5-6,9-12H2,1H3. The van der Waals surface area contributed by atoms with Crippen LogP contribution in [0.2, 0.25) is 0 Å². The fourth-order valence-corrected chi connectivity index (χ4v) is 3.71. The molecule has 1 aromatic rings. The number of hydrogen-bond acceptors (Lipinski definition) is 2. The highest BCUT2D eigenvalue weighted by Crippen LogP contribution is 2.33. The zero-order valence-corrected chi connectivity index (χ0v) is 12.5. The van der Waals surface area contributed by atoms with Gasteiger partial charge in [0.25, 0.3) is 0 Å². The van der Waals surface area contributed by atoms with Gasteiger partial charge in [-0.3, -0.25) is 0 Å². The molecule has 3 rings (SSSR count). The predicted molar refractivity (Wildman–Crippen MR) is 80.5 cm³/mol. The van der Waals surface area contributed by atoms with E-state index in [-0.39, 0.29) is 6.29 Å². The summed E-state index contributed by atoms with van der Waals surface area (Å²) >= 11 is 0. The average Bonchev–Trinajstić information content (AvgIpc) is 3.02. The summed E-state index contributed by atoms with van der Waals surface area (Å²) in [5.74, 6) is 1.83. The third-order valence-corrected chi connectivity index (χ3v) is 4.84. The van der Waals surface area contributed by atoms with Crippen LogP contribution in [0.1, 0.15) is 56.4 Å². The van der Waals surface area contributed by atoms with Crippen molar-refractivity contribution in [2.24, 2.45) is 11.8 Å². The van der Waals surface area contributed by atoms with E-state index in [0.717, 1.165) is 25.0 Å². The molecule has 1 aliphatic heterocycles. The van der Waals surface area contributed by atoms with Gasteiger partial charge in [0, 0.05) is 5.56 Å². The maximum atomic E-state index is 5.60. The number of rotatable bonds is 4. The Morgan fingerprint density at radius 1 is 1.10 bits per heavy atom.